The number of carboxylic acid groups (broad SMARTS) is 1. The zero-order valence-electron chi connectivity index (χ0n) is 15.5. The van der Waals surface area contributed by atoms with Crippen LogP contribution in [0.5, 0.6) is 11.5 Å². The minimum Gasteiger partial charge on any atom is -0.477 e. The topological polar surface area (TPSA) is 127 Å². The molecule has 0 amide bonds. The molecule has 27 heavy (non-hydrogen) atoms. The third-order valence-electron chi connectivity index (χ3n) is 4.02. The molecule has 9 nitrogen and oxygen atoms in total. The van der Waals surface area contributed by atoms with Crippen LogP contribution in [-0.4, -0.2) is 29.0 Å². The molecule has 0 radical (unpaired) electrons. The Hall–Kier alpha value is -3.19. The van der Waals surface area contributed by atoms with Crippen molar-refractivity contribution in [3.05, 3.63) is 44.6 Å². The van der Waals surface area contributed by atoms with E-state index in [9.17, 15) is 9.59 Å². The fourth-order valence-electron chi connectivity index (χ4n) is 2.55. The molecule has 1 aliphatic heterocycles. The van der Waals surface area contributed by atoms with Gasteiger partial charge in [-0.25, -0.2) is 4.79 Å². The highest BCUT2D eigenvalue weighted by molar-refractivity contribution is 5.93. The van der Waals surface area contributed by atoms with Crippen LogP contribution in [0.25, 0.3) is 21.3 Å². The number of hydrogen-bond donors (Lipinski definition) is 1. The minimum absolute atomic E-state index is 0.109. The Morgan fingerprint density at radius 2 is 2.04 bits per heavy atom. The maximum absolute atomic E-state index is 12.1. The van der Waals surface area contributed by atoms with Crippen molar-refractivity contribution in [3.63, 3.8) is 0 Å². The first-order chi connectivity index (χ1) is 12.9. The van der Waals surface area contributed by atoms with Crippen LogP contribution in [0.15, 0.2) is 28.2 Å². The summed E-state index contributed by atoms with van der Waals surface area (Å²) in [6, 6.07) is 3.24. The van der Waals surface area contributed by atoms with Gasteiger partial charge in [-0.1, -0.05) is 19.0 Å². The number of hydrogen-bond acceptors (Lipinski definition) is 5. The molecule has 0 saturated carbocycles. The molecule has 1 N–H and O–H groups in total. The first kappa shape index (κ1) is 20.1. The monoisotopic (exact) mass is 374 g/mol. The van der Waals surface area contributed by atoms with Gasteiger partial charge in [0.25, 0.3) is 0 Å². The van der Waals surface area contributed by atoms with E-state index >= 15 is 0 Å². The van der Waals surface area contributed by atoms with Crippen LogP contribution in [0, 0.1) is 5.92 Å². The summed E-state index contributed by atoms with van der Waals surface area (Å²) in [5, 5.41) is 12.8. The molecule has 3 rings (SSSR count). The first-order valence-corrected chi connectivity index (χ1v) is 8.60. The Balaban J connectivity index is 0.000000279. The second kappa shape index (κ2) is 8.95. The summed E-state index contributed by atoms with van der Waals surface area (Å²) in [7, 11) is 0. The molecule has 1 aromatic carbocycles. The Morgan fingerprint density at radius 3 is 2.59 bits per heavy atom. The van der Waals surface area contributed by atoms with Crippen LogP contribution in [-0.2, 0) is 6.54 Å². The number of aromatic carboxylic acids is 1. The van der Waals surface area contributed by atoms with Gasteiger partial charge in [0.2, 0.25) is 12.2 Å². The lowest BCUT2D eigenvalue weighted by Crippen LogP contribution is -2.18. The highest BCUT2D eigenvalue weighted by Crippen LogP contribution is 2.35. The highest BCUT2D eigenvalue weighted by atomic mass is 16.7. The van der Waals surface area contributed by atoms with E-state index < -0.39 is 11.4 Å². The Bertz CT molecular complexity index is 945. The number of rotatable bonds is 5. The summed E-state index contributed by atoms with van der Waals surface area (Å²) in [6.45, 7) is 7.38. The van der Waals surface area contributed by atoms with E-state index in [4.69, 9.17) is 20.1 Å². The summed E-state index contributed by atoms with van der Waals surface area (Å²) in [5.74, 6) is 0.444. The van der Waals surface area contributed by atoms with Gasteiger partial charge >= 0.3 is 5.97 Å². The molecule has 1 aliphatic rings. The third-order valence-corrected chi connectivity index (χ3v) is 4.02. The number of ether oxygens (including phenoxy) is 2. The molecule has 0 saturated heterocycles. The first-order valence-electron chi connectivity index (χ1n) is 8.60. The standard InChI is InChI=1S/C13H11NO5.C5H11N3/c1-2-14-5-8(13(16)17)12(15)7-3-10-11(4-9(7)14)19-6-18-10;1-5(2)3-4-7-8-6/h3-5H,2,6H2,1H3,(H,16,17);5H,3-4H2,1-2H3. The molecule has 0 aliphatic carbocycles. The lowest BCUT2D eigenvalue weighted by Gasteiger charge is -2.10. The van der Waals surface area contributed by atoms with Crippen LogP contribution in [0.3, 0.4) is 0 Å². The lowest BCUT2D eigenvalue weighted by atomic mass is 10.1. The SMILES string of the molecule is CC(C)CCN=[N+]=[N-].CCn1cc(C(=O)O)c(=O)c2cc3c(cc21)OCO3. The average Bonchev–Trinajstić information content (AvgIpc) is 3.08. The number of nitrogens with zero attached hydrogens (tertiary/aromatic N) is 4. The van der Waals surface area contributed by atoms with Crippen LogP contribution in [0.1, 0.15) is 37.6 Å². The molecule has 0 spiro atoms. The van der Waals surface area contributed by atoms with Gasteiger partial charge in [-0.3, -0.25) is 4.79 Å². The van der Waals surface area contributed by atoms with Gasteiger partial charge in [0.15, 0.2) is 11.5 Å². The number of aromatic nitrogens is 1. The van der Waals surface area contributed by atoms with E-state index in [1.165, 1.54) is 6.20 Å². The van der Waals surface area contributed by atoms with Crippen molar-refractivity contribution < 1.29 is 19.4 Å². The van der Waals surface area contributed by atoms with Gasteiger partial charge in [0, 0.05) is 30.3 Å². The normalized spacial score (nSPS) is 11.7. The van der Waals surface area contributed by atoms with Crippen molar-refractivity contribution in [1.82, 2.24) is 4.57 Å². The molecule has 0 atom stereocenters. The van der Waals surface area contributed by atoms with Crippen molar-refractivity contribution >= 4 is 16.9 Å². The highest BCUT2D eigenvalue weighted by Gasteiger charge is 2.20. The van der Waals surface area contributed by atoms with Crippen molar-refractivity contribution in [3.8, 4) is 11.5 Å². The van der Waals surface area contributed by atoms with Gasteiger partial charge in [-0.05, 0) is 30.9 Å². The quantitative estimate of drug-likeness (QED) is 0.484. The van der Waals surface area contributed by atoms with Gasteiger partial charge in [-0.2, -0.15) is 0 Å². The predicted molar refractivity (Wildman–Crippen MR) is 100 cm³/mol. The summed E-state index contributed by atoms with van der Waals surface area (Å²) < 4.78 is 12.2. The summed E-state index contributed by atoms with van der Waals surface area (Å²) >= 11 is 0. The second-order valence-electron chi connectivity index (χ2n) is 6.32. The molecule has 9 heteroatoms. The zero-order chi connectivity index (χ0) is 20.0. The van der Waals surface area contributed by atoms with Crippen molar-refractivity contribution in [2.24, 2.45) is 11.0 Å². The second-order valence-corrected chi connectivity index (χ2v) is 6.32. The van der Waals surface area contributed by atoms with E-state index in [1.807, 2.05) is 6.92 Å². The van der Waals surface area contributed by atoms with Gasteiger partial charge in [0.05, 0.1) is 10.9 Å². The number of azide groups is 1. The Labute approximate surface area is 155 Å². The minimum atomic E-state index is -1.23. The number of aryl methyl sites for hydroxylation is 1. The summed E-state index contributed by atoms with van der Waals surface area (Å²) in [5.41, 5.74) is 7.73. The van der Waals surface area contributed by atoms with E-state index in [1.54, 1.807) is 16.7 Å². The molecule has 2 aromatic rings. The smallest absolute Gasteiger partial charge is 0.341 e. The molecular weight excluding hydrogens is 352 g/mol. The molecule has 144 valence electrons. The third kappa shape index (κ3) is 4.71. The average molecular weight is 374 g/mol. The van der Waals surface area contributed by atoms with E-state index in [0.717, 1.165) is 6.42 Å². The molecule has 0 bridgehead atoms. The van der Waals surface area contributed by atoms with Crippen LogP contribution in [0.2, 0.25) is 0 Å². The molecule has 1 aromatic heterocycles. The van der Waals surface area contributed by atoms with Gasteiger partial charge in [0.1, 0.15) is 5.56 Å². The maximum Gasteiger partial charge on any atom is 0.341 e. The van der Waals surface area contributed by atoms with Crippen LogP contribution < -0.4 is 14.9 Å². The summed E-state index contributed by atoms with van der Waals surface area (Å²) in [4.78, 5) is 25.9. The number of fused-ring (bicyclic) bond motifs is 2. The van der Waals surface area contributed by atoms with E-state index in [-0.39, 0.29) is 12.4 Å². The Morgan fingerprint density at radius 1 is 1.37 bits per heavy atom. The predicted octanol–water partition coefficient (Wildman–Crippen LogP) is 3.79. The van der Waals surface area contributed by atoms with Crippen molar-refractivity contribution in [2.45, 2.75) is 33.7 Å². The number of carboxylic acids is 1. The van der Waals surface area contributed by atoms with Gasteiger partial charge < -0.3 is 19.1 Å². The van der Waals surface area contributed by atoms with Gasteiger partial charge in [-0.15, -0.1) is 0 Å². The number of benzene rings is 1. The van der Waals surface area contributed by atoms with E-state index in [0.29, 0.717) is 41.4 Å². The fourth-order valence-corrected chi connectivity index (χ4v) is 2.55. The zero-order valence-corrected chi connectivity index (χ0v) is 15.5. The molecule has 0 fully saturated rings. The van der Waals surface area contributed by atoms with E-state index in [2.05, 4.69) is 23.9 Å². The van der Waals surface area contributed by atoms with Crippen LogP contribution in [0.4, 0.5) is 0 Å². The maximum atomic E-state index is 12.1. The molecule has 0 unspecified atom stereocenters. The largest absolute Gasteiger partial charge is 0.477 e. The fraction of sp³-hybridized carbons (Fsp3) is 0.444. The number of carbonyl (C=O) groups is 1. The lowest BCUT2D eigenvalue weighted by molar-refractivity contribution is 0.0695. The molecular formula is C18H22N4O5. The van der Waals surface area contributed by atoms with Crippen molar-refractivity contribution in [2.75, 3.05) is 13.3 Å². The van der Waals surface area contributed by atoms with Crippen LogP contribution >= 0.6 is 0 Å². The number of pyridine rings is 1. The summed E-state index contributed by atoms with van der Waals surface area (Å²) in [6.07, 6.45) is 2.35. The van der Waals surface area contributed by atoms with Crippen molar-refractivity contribution in [1.29, 1.82) is 0 Å². The molecule has 2 heterocycles. The Kier molecular flexibility index (Phi) is 6.67.